The predicted octanol–water partition coefficient (Wildman–Crippen LogP) is 2.73. The normalized spacial score (nSPS) is 10.4. The maximum absolute atomic E-state index is 5.14. The number of pyridine rings is 1. The van der Waals surface area contributed by atoms with Gasteiger partial charge in [0.05, 0.1) is 12.8 Å². The Hall–Kier alpha value is -1.87. The molecule has 0 bridgehead atoms. The second kappa shape index (κ2) is 6.90. The van der Waals surface area contributed by atoms with E-state index in [2.05, 4.69) is 34.6 Å². The van der Waals surface area contributed by atoms with Gasteiger partial charge in [-0.1, -0.05) is 18.2 Å². The molecule has 3 nitrogen and oxygen atoms in total. The molecule has 0 saturated heterocycles. The second-order valence-electron chi connectivity index (χ2n) is 4.60. The van der Waals surface area contributed by atoms with Gasteiger partial charge in [0.15, 0.2) is 0 Å². The first-order valence-corrected chi connectivity index (χ1v) is 6.53. The summed E-state index contributed by atoms with van der Waals surface area (Å²) in [6.45, 7) is 3.81. The molecular weight excluding hydrogens is 236 g/mol. The van der Waals surface area contributed by atoms with Gasteiger partial charge in [0.1, 0.15) is 5.75 Å². The van der Waals surface area contributed by atoms with Crippen LogP contribution in [0.25, 0.3) is 0 Å². The van der Waals surface area contributed by atoms with Crippen molar-refractivity contribution in [2.75, 3.05) is 13.7 Å². The van der Waals surface area contributed by atoms with E-state index < -0.39 is 0 Å². The highest BCUT2D eigenvalue weighted by Gasteiger charge is 1.96. The number of rotatable bonds is 6. The van der Waals surface area contributed by atoms with E-state index in [1.807, 2.05) is 25.3 Å². The first-order chi connectivity index (χ1) is 9.28. The molecule has 1 heterocycles. The fourth-order valence-electron chi connectivity index (χ4n) is 1.84. The molecule has 0 unspecified atom stereocenters. The topological polar surface area (TPSA) is 34.1 Å². The Morgan fingerprint density at radius 1 is 1.11 bits per heavy atom. The van der Waals surface area contributed by atoms with Gasteiger partial charge >= 0.3 is 0 Å². The van der Waals surface area contributed by atoms with Crippen LogP contribution in [0.2, 0.25) is 0 Å². The lowest BCUT2D eigenvalue weighted by molar-refractivity contribution is 0.414. The third-order valence-corrected chi connectivity index (χ3v) is 3.03. The van der Waals surface area contributed by atoms with Crippen molar-refractivity contribution in [3.05, 3.63) is 59.4 Å². The van der Waals surface area contributed by atoms with Gasteiger partial charge in [-0.2, -0.15) is 0 Å². The molecule has 19 heavy (non-hydrogen) atoms. The molecule has 0 aliphatic heterocycles. The van der Waals surface area contributed by atoms with Gasteiger partial charge in [-0.05, 0) is 49.2 Å². The van der Waals surface area contributed by atoms with E-state index in [0.717, 1.165) is 31.0 Å². The van der Waals surface area contributed by atoms with Crippen molar-refractivity contribution in [3.63, 3.8) is 0 Å². The summed E-state index contributed by atoms with van der Waals surface area (Å²) >= 11 is 0. The molecule has 1 N–H and O–H groups in total. The molecule has 3 heteroatoms. The minimum atomic E-state index is 0.816. The summed E-state index contributed by atoms with van der Waals surface area (Å²) in [7, 11) is 1.69. The predicted molar refractivity (Wildman–Crippen MR) is 77.4 cm³/mol. The number of hydrogen-bond donors (Lipinski definition) is 1. The van der Waals surface area contributed by atoms with Gasteiger partial charge < -0.3 is 10.1 Å². The maximum Gasteiger partial charge on any atom is 0.118 e. The molecule has 0 spiro atoms. The summed E-state index contributed by atoms with van der Waals surface area (Å²) < 4.78 is 5.14. The van der Waals surface area contributed by atoms with Crippen LogP contribution >= 0.6 is 0 Å². The highest BCUT2D eigenvalue weighted by molar-refractivity contribution is 5.27. The average Bonchev–Trinajstić information content (AvgIpc) is 2.46. The van der Waals surface area contributed by atoms with E-state index in [4.69, 9.17) is 4.74 Å². The first kappa shape index (κ1) is 13.6. The van der Waals surface area contributed by atoms with Crippen molar-refractivity contribution in [2.24, 2.45) is 0 Å². The molecule has 0 fully saturated rings. The van der Waals surface area contributed by atoms with Crippen LogP contribution in [-0.4, -0.2) is 18.6 Å². The number of hydrogen-bond acceptors (Lipinski definition) is 3. The molecule has 0 atom stereocenters. The quantitative estimate of drug-likeness (QED) is 0.807. The lowest BCUT2D eigenvalue weighted by Crippen LogP contribution is -2.17. The Morgan fingerprint density at radius 3 is 2.53 bits per heavy atom. The minimum Gasteiger partial charge on any atom is -0.497 e. The van der Waals surface area contributed by atoms with Crippen molar-refractivity contribution in [2.45, 2.75) is 19.9 Å². The summed E-state index contributed by atoms with van der Waals surface area (Å²) in [5.74, 6) is 0.903. The summed E-state index contributed by atoms with van der Waals surface area (Å²) in [4.78, 5) is 4.37. The second-order valence-corrected chi connectivity index (χ2v) is 4.60. The highest BCUT2D eigenvalue weighted by atomic mass is 16.5. The van der Waals surface area contributed by atoms with Crippen LogP contribution in [0.5, 0.6) is 5.75 Å². The van der Waals surface area contributed by atoms with Gasteiger partial charge in [-0.25, -0.2) is 0 Å². The zero-order chi connectivity index (χ0) is 13.5. The van der Waals surface area contributed by atoms with Gasteiger partial charge in [0, 0.05) is 12.7 Å². The molecule has 0 radical (unpaired) electrons. The first-order valence-electron chi connectivity index (χ1n) is 6.53. The average molecular weight is 256 g/mol. The standard InChI is InChI=1S/C16H20N2O/c1-13-3-6-15(18-11-13)12-17-10-9-14-4-7-16(19-2)8-5-14/h3-8,11,17H,9-10,12H2,1-2H3. The van der Waals surface area contributed by atoms with Gasteiger partial charge in [-0.15, -0.1) is 0 Å². The zero-order valence-electron chi connectivity index (χ0n) is 11.5. The van der Waals surface area contributed by atoms with Crippen LogP contribution in [0.3, 0.4) is 0 Å². The van der Waals surface area contributed by atoms with Crippen LogP contribution < -0.4 is 10.1 Å². The monoisotopic (exact) mass is 256 g/mol. The third-order valence-electron chi connectivity index (χ3n) is 3.03. The van der Waals surface area contributed by atoms with E-state index >= 15 is 0 Å². The molecule has 2 aromatic rings. The lowest BCUT2D eigenvalue weighted by Gasteiger charge is -2.06. The Labute approximate surface area is 114 Å². The molecule has 0 amide bonds. The summed E-state index contributed by atoms with van der Waals surface area (Å²) in [6.07, 6.45) is 2.91. The van der Waals surface area contributed by atoms with Crippen molar-refractivity contribution in [1.82, 2.24) is 10.3 Å². The Balaban J connectivity index is 1.72. The lowest BCUT2D eigenvalue weighted by atomic mass is 10.1. The number of nitrogens with one attached hydrogen (secondary N) is 1. The number of nitrogens with zero attached hydrogens (tertiary/aromatic N) is 1. The van der Waals surface area contributed by atoms with Gasteiger partial charge in [0.2, 0.25) is 0 Å². The fourth-order valence-corrected chi connectivity index (χ4v) is 1.84. The Bertz CT molecular complexity index is 491. The molecule has 2 rings (SSSR count). The largest absolute Gasteiger partial charge is 0.497 e. The summed E-state index contributed by atoms with van der Waals surface area (Å²) in [5, 5.41) is 3.40. The summed E-state index contributed by atoms with van der Waals surface area (Å²) in [5.41, 5.74) is 3.59. The molecule has 0 aliphatic rings. The van der Waals surface area contributed by atoms with Crippen LogP contribution in [0.1, 0.15) is 16.8 Å². The molecule has 0 aliphatic carbocycles. The van der Waals surface area contributed by atoms with Crippen molar-refractivity contribution < 1.29 is 4.74 Å². The number of benzene rings is 1. The maximum atomic E-state index is 5.14. The third kappa shape index (κ3) is 4.38. The van der Waals surface area contributed by atoms with Crippen LogP contribution in [-0.2, 0) is 13.0 Å². The molecule has 100 valence electrons. The zero-order valence-corrected chi connectivity index (χ0v) is 11.5. The molecule has 1 aromatic heterocycles. The van der Waals surface area contributed by atoms with E-state index in [1.54, 1.807) is 7.11 Å². The van der Waals surface area contributed by atoms with Crippen LogP contribution in [0.15, 0.2) is 42.6 Å². The molecule has 1 aromatic carbocycles. The fraction of sp³-hybridized carbons (Fsp3) is 0.312. The van der Waals surface area contributed by atoms with Gasteiger partial charge in [0.25, 0.3) is 0 Å². The van der Waals surface area contributed by atoms with Gasteiger partial charge in [-0.3, -0.25) is 4.98 Å². The van der Waals surface area contributed by atoms with Crippen LogP contribution in [0, 0.1) is 6.92 Å². The smallest absolute Gasteiger partial charge is 0.118 e. The minimum absolute atomic E-state index is 0.816. The Morgan fingerprint density at radius 2 is 1.89 bits per heavy atom. The SMILES string of the molecule is COc1ccc(CCNCc2ccc(C)cn2)cc1. The van der Waals surface area contributed by atoms with Crippen LogP contribution in [0.4, 0.5) is 0 Å². The van der Waals surface area contributed by atoms with E-state index in [1.165, 1.54) is 11.1 Å². The number of aryl methyl sites for hydroxylation is 1. The van der Waals surface area contributed by atoms with Crippen molar-refractivity contribution in [1.29, 1.82) is 0 Å². The van der Waals surface area contributed by atoms with Crippen molar-refractivity contribution >= 4 is 0 Å². The number of methoxy groups -OCH3 is 1. The van der Waals surface area contributed by atoms with E-state index in [0.29, 0.717) is 0 Å². The molecule has 0 saturated carbocycles. The summed E-state index contributed by atoms with van der Waals surface area (Å²) in [6, 6.07) is 12.4. The highest BCUT2D eigenvalue weighted by Crippen LogP contribution is 2.11. The van der Waals surface area contributed by atoms with Crippen molar-refractivity contribution in [3.8, 4) is 5.75 Å². The Kier molecular flexibility index (Phi) is 4.93. The molecular formula is C16H20N2O. The van der Waals surface area contributed by atoms with E-state index in [9.17, 15) is 0 Å². The number of aromatic nitrogens is 1. The number of ether oxygens (including phenoxy) is 1. The van der Waals surface area contributed by atoms with E-state index in [-0.39, 0.29) is 0 Å².